The van der Waals surface area contributed by atoms with Crippen LogP contribution in [0.25, 0.3) is 0 Å². The second kappa shape index (κ2) is 6.23. The van der Waals surface area contributed by atoms with Crippen molar-refractivity contribution in [3.8, 4) is 0 Å². The topological polar surface area (TPSA) is 58.3 Å². The second-order valence-electron chi connectivity index (χ2n) is 5.03. The van der Waals surface area contributed by atoms with E-state index in [9.17, 15) is 13.2 Å². The number of nitrogens with zero attached hydrogens (tertiary/aromatic N) is 4. The van der Waals surface area contributed by atoms with Gasteiger partial charge in [0.05, 0.1) is 0 Å². The Labute approximate surface area is 119 Å². The molecule has 2 N–H and O–H groups in total. The normalized spacial score (nSPS) is 19.4. The molecule has 5 nitrogen and oxygen atoms in total. The minimum Gasteiger partial charge on any atom is -0.344 e. The lowest BCUT2D eigenvalue weighted by atomic mass is 10.1. The zero-order chi connectivity index (χ0) is 14.8. The molecule has 1 aliphatic rings. The summed E-state index contributed by atoms with van der Waals surface area (Å²) in [5.74, 6) is -0.614. The molecule has 2 heterocycles. The highest BCUT2D eigenvalue weighted by Crippen LogP contribution is 2.30. The zero-order valence-electron chi connectivity index (χ0n) is 11.2. The highest BCUT2D eigenvalue weighted by molar-refractivity contribution is 7.09. The molecule has 114 valence electrons. The number of rotatable bonds is 4. The molecule has 0 saturated carbocycles. The summed E-state index contributed by atoms with van der Waals surface area (Å²) in [4.78, 5) is 7.71. The minimum atomic E-state index is -4.47. The Morgan fingerprint density at radius 3 is 2.45 bits per heavy atom. The van der Waals surface area contributed by atoms with Gasteiger partial charge >= 0.3 is 6.18 Å². The first kappa shape index (κ1) is 15.5. The van der Waals surface area contributed by atoms with Crippen molar-refractivity contribution in [2.24, 2.45) is 11.7 Å². The van der Waals surface area contributed by atoms with Gasteiger partial charge < -0.3 is 10.6 Å². The molecule has 1 saturated heterocycles. The van der Waals surface area contributed by atoms with E-state index in [0.717, 1.165) is 31.2 Å². The Morgan fingerprint density at radius 2 is 1.95 bits per heavy atom. The van der Waals surface area contributed by atoms with Crippen molar-refractivity contribution >= 4 is 16.7 Å². The molecule has 20 heavy (non-hydrogen) atoms. The summed E-state index contributed by atoms with van der Waals surface area (Å²) in [5, 5.41) is 0.351. The summed E-state index contributed by atoms with van der Waals surface area (Å²) in [6.45, 7) is 6.62. The highest BCUT2D eigenvalue weighted by Gasteiger charge is 2.36. The molecule has 2 rings (SSSR count). The van der Waals surface area contributed by atoms with Crippen LogP contribution in [0.4, 0.5) is 18.3 Å². The molecule has 1 aromatic heterocycles. The summed E-state index contributed by atoms with van der Waals surface area (Å²) >= 11 is 0.809. The van der Waals surface area contributed by atoms with Crippen LogP contribution in [0.2, 0.25) is 0 Å². The van der Waals surface area contributed by atoms with Crippen molar-refractivity contribution in [2.75, 3.05) is 44.2 Å². The van der Waals surface area contributed by atoms with Gasteiger partial charge in [-0.3, -0.25) is 4.90 Å². The van der Waals surface area contributed by atoms with Crippen molar-refractivity contribution in [3.63, 3.8) is 0 Å². The lowest BCUT2D eigenvalue weighted by molar-refractivity contribution is -0.144. The van der Waals surface area contributed by atoms with Crippen LogP contribution >= 0.6 is 11.5 Å². The average molecular weight is 309 g/mol. The molecule has 0 aliphatic carbocycles. The van der Waals surface area contributed by atoms with Crippen molar-refractivity contribution in [2.45, 2.75) is 13.1 Å². The van der Waals surface area contributed by atoms with Gasteiger partial charge in [-0.15, -0.1) is 0 Å². The van der Waals surface area contributed by atoms with Gasteiger partial charge in [-0.05, 0) is 12.5 Å². The third-order valence-corrected chi connectivity index (χ3v) is 4.06. The van der Waals surface area contributed by atoms with Gasteiger partial charge in [0, 0.05) is 44.3 Å². The number of alkyl halides is 3. The molecule has 0 radical (unpaired) electrons. The summed E-state index contributed by atoms with van der Waals surface area (Å²) in [7, 11) is 0. The van der Waals surface area contributed by atoms with E-state index in [2.05, 4.69) is 21.2 Å². The third kappa shape index (κ3) is 3.80. The molecule has 0 aromatic carbocycles. The number of piperazine rings is 1. The molecule has 1 unspecified atom stereocenters. The van der Waals surface area contributed by atoms with Crippen LogP contribution < -0.4 is 10.6 Å². The van der Waals surface area contributed by atoms with E-state index in [0.29, 0.717) is 30.7 Å². The van der Waals surface area contributed by atoms with Crippen LogP contribution in [-0.4, -0.2) is 53.5 Å². The van der Waals surface area contributed by atoms with Gasteiger partial charge in [-0.2, -0.15) is 22.5 Å². The van der Waals surface area contributed by atoms with Crippen molar-refractivity contribution in [1.29, 1.82) is 0 Å². The van der Waals surface area contributed by atoms with Gasteiger partial charge in [0.15, 0.2) is 0 Å². The number of hydrogen-bond donors (Lipinski definition) is 1. The summed E-state index contributed by atoms with van der Waals surface area (Å²) in [6.07, 6.45) is -4.47. The Morgan fingerprint density at radius 1 is 1.30 bits per heavy atom. The fraction of sp³-hybridized carbons (Fsp3) is 0.818. The van der Waals surface area contributed by atoms with Crippen LogP contribution in [0.3, 0.4) is 0 Å². The standard InChI is InChI=1S/C11H18F3N5S/c1-8(6-15)7-18-2-4-19(5-3-18)10-16-9(17-20-10)11(12,13)14/h8H,2-7,15H2,1H3. The average Bonchev–Trinajstić information content (AvgIpc) is 2.89. The monoisotopic (exact) mass is 309 g/mol. The zero-order valence-corrected chi connectivity index (χ0v) is 12.0. The van der Waals surface area contributed by atoms with Crippen molar-refractivity contribution in [3.05, 3.63) is 5.82 Å². The van der Waals surface area contributed by atoms with Crippen LogP contribution in [0.5, 0.6) is 0 Å². The Hall–Kier alpha value is -0.930. The lowest BCUT2D eigenvalue weighted by Crippen LogP contribution is -2.48. The maximum absolute atomic E-state index is 12.5. The molecule has 9 heteroatoms. The van der Waals surface area contributed by atoms with Crippen LogP contribution in [0.1, 0.15) is 12.7 Å². The Kier molecular flexibility index (Phi) is 4.82. The molecule has 0 amide bonds. The number of anilines is 1. The van der Waals surface area contributed by atoms with Gasteiger partial charge in [0.2, 0.25) is 11.0 Å². The van der Waals surface area contributed by atoms with E-state index >= 15 is 0 Å². The molecule has 1 aliphatic heterocycles. The number of hydrogen-bond acceptors (Lipinski definition) is 6. The number of halogens is 3. The second-order valence-corrected chi connectivity index (χ2v) is 5.76. The van der Waals surface area contributed by atoms with Crippen LogP contribution in [-0.2, 0) is 6.18 Å². The maximum Gasteiger partial charge on any atom is 0.452 e. The van der Waals surface area contributed by atoms with Crippen LogP contribution in [0, 0.1) is 5.92 Å². The molecule has 0 spiro atoms. The molecular weight excluding hydrogens is 291 g/mol. The molecular formula is C11H18F3N5S. The third-order valence-electron chi connectivity index (χ3n) is 3.28. The maximum atomic E-state index is 12.5. The lowest BCUT2D eigenvalue weighted by Gasteiger charge is -2.35. The minimum absolute atomic E-state index is 0.351. The molecule has 1 aromatic rings. The molecule has 1 fully saturated rings. The van der Waals surface area contributed by atoms with Gasteiger partial charge in [0.25, 0.3) is 0 Å². The first-order valence-electron chi connectivity index (χ1n) is 6.48. The quantitative estimate of drug-likeness (QED) is 0.908. The van der Waals surface area contributed by atoms with Crippen molar-refractivity contribution < 1.29 is 13.2 Å². The summed E-state index contributed by atoms with van der Waals surface area (Å²) < 4.78 is 40.7. The van der Waals surface area contributed by atoms with E-state index in [1.54, 1.807) is 0 Å². The van der Waals surface area contributed by atoms with E-state index in [4.69, 9.17) is 5.73 Å². The summed E-state index contributed by atoms with van der Waals surface area (Å²) in [5.41, 5.74) is 5.59. The van der Waals surface area contributed by atoms with Gasteiger partial charge in [-0.1, -0.05) is 6.92 Å². The fourth-order valence-electron chi connectivity index (χ4n) is 2.10. The predicted molar refractivity (Wildman–Crippen MR) is 71.8 cm³/mol. The first-order valence-corrected chi connectivity index (χ1v) is 7.25. The number of nitrogens with two attached hydrogens (primary N) is 1. The largest absolute Gasteiger partial charge is 0.452 e. The van der Waals surface area contributed by atoms with Gasteiger partial charge in [0.1, 0.15) is 0 Å². The Balaban J connectivity index is 1.89. The first-order chi connectivity index (χ1) is 9.40. The van der Waals surface area contributed by atoms with E-state index in [1.165, 1.54) is 0 Å². The highest BCUT2D eigenvalue weighted by atomic mass is 32.1. The fourth-order valence-corrected chi connectivity index (χ4v) is 2.83. The number of aromatic nitrogens is 2. The van der Waals surface area contributed by atoms with E-state index in [1.807, 2.05) is 4.90 Å². The smallest absolute Gasteiger partial charge is 0.344 e. The summed E-state index contributed by atoms with van der Waals surface area (Å²) in [6, 6.07) is 0. The van der Waals surface area contributed by atoms with E-state index in [-0.39, 0.29) is 0 Å². The molecule has 1 atom stereocenters. The SMILES string of the molecule is CC(CN)CN1CCN(c2nc(C(F)(F)F)ns2)CC1. The van der Waals surface area contributed by atoms with E-state index < -0.39 is 12.0 Å². The predicted octanol–water partition coefficient (Wildman–Crippen LogP) is 1.27. The van der Waals surface area contributed by atoms with Gasteiger partial charge in [-0.25, -0.2) is 0 Å². The molecule has 0 bridgehead atoms. The Bertz CT molecular complexity index is 428. The van der Waals surface area contributed by atoms with Crippen LogP contribution in [0.15, 0.2) is 0 Å². The van der Waals surface area contributed by atoms with Crippen molar-refractivity contribution in [1.82, 2.24) is 14.3 Å².